The third kappa shape index (κ3) is 1.98. The van der Waals surface area contributed by atoms with Crippen LogP contribution in [0.3, 0.4) is 0 Å². The topological polar surface area (TPSA) is 58.8 Å². The fraction of sp³-hybridized carbons (Fsp3) is 0.0833. The number of nitriles is 1. The van der Waals surface area contributed by atoms with E-state index in [0.29, 0.717) is 11.4 Å². The molecule has 0 aliphatic carbocycles. The van der Waals surface area contributed by atoms with Crippen molar-refractivity contribution in [2.45, 2.75) is 0 Å². The van der Waals surface area contributed by atoms with E-state index >= 15 is 0 Å². The summed E-state index contributed by atoms with van der Waals surface area (Å²) in [5.74, 6) is 0.688. The van der Waals surface area contributed by atoms with Gasteiger partial charge in [-0.15, -0.1) is 0 Å². The summed E-state index contributed by atoms with van der Waals surface area (Å²) in [7, 11) is 1.59. The lowest BCUT2D eigenvalue weighted by atomic mass is 10.1. The molecule has 0 aromatic carbocycles. The molecule has 4 nitrogen and oxygen atoms in total. The van der Waals surface area contributed by atoms with Crippen LogP contribution in [0, 0.1) is 11.3 Å². The highest BCUT2D eigenvalue weighted by Gasteiger charge is 2.01. The number of ether oxygens (including phenoxy) is 1. The standard InChI is InChI=1S/C12H9N3O/c1-16-12-5-10(7-14-8-12)9-2-3-15-11(4-9)6-13/h2-5,7-8H,1H3. The number of hydrogen-bond donors (Lipinski definition) is 0. The van der Waals surface area contributed by atoms with Crippen molar-refractivity contribution in [3.05, 3.63) is 42.5 Å². The van der Waals surface area contributed by atoms with E-state index in [0.717, 1.165) is 11.1 Å². The van der Waals surface area contributed by atoms with E-state index < -0.39 is 0 Å². The Kier molecular flexibility index (Phi) is 2.79. The second kappa shape index (κ2) is 4.41. The molecular formula is C12H9N3O. The zero-order chi connectivity index (χ0) is 11.4. The molecule has 0 saturated carbocycles. The highest BCUT2D eigenvalue weighted by Crippen LogP contribution is 2.22. The summed E-state index contributed by atoms with van der Waals surface area (Å²) in [5, 5.41) is 8.76. The van der Waals surface area contributed by atoms with Crippen LogP contribution >= 0.6 is 0 Å². The number of rotatable bonds is 2. The van der Waals surface area contributed by atoms with Crippen LogP contribution in [0.1, 0.15) is 5.69 Å². The van der Waals surface area contributed by atoms with Gasteiger partial charge < -0.3 is 4.74 Å². The van der Waals surface area contributed by atoms with Gasteiger partial charge in [-0.3, -0.25) is 4.98 Å². The van der Waals surface area contributed by atoms with Gasteiger partial charge in [-0.1, -0.05) is 0 Å². The van der Waals surface area contributed by atoms with Gasteiger partial charge in [-0.2, -0.15) is 5.26 Å². The molecule has 0 aliphatic heterocycles. The largest absolute Gasteiger partial charge is 0.495 e. The Balaban J connectivity index is 2.46. The van der Waals surface area contributed by atoms with Crippen LogP contribution in [0.4, 0.5) is 0 Å². The molecule has 0 unspecified atom stereocenters. The van der Waals surface area contributed by atoms with Crippen molar-refractivity contribution in [1.82, 2.24) is 9.97 Å². The molecule has 0 saturated heterocycles. The molecule has 0 N–H and O–H groups in total. The third-order valence-electron chi connectivity index (χ3n) is 2.16. The van der Waals surface area contributed by atoms with Crippen molar-refractivity contribution in [1.29, 1.82) is 5.26 Å². The second-order valence-electron chi connectivity index (χ2n) is 3.16. The van der Waals surface area contributed by atoms with Gasteiger partial charge in [0.15, 0.2) is 0 Å². The van der Waals surface area contributed by atoms with E-state index in [9.17, 15) is 0 Å². The molecule has 0 atom stereocenters. The van der Waals surface area contributed by atoms with Crippen LogP contribution in [-0.4, -0.2) is 17.1 Å². The maximum Gasteiger partial charge on any atom is 0.141 e. The van der Waals surface area contributed by atoms with Crippen LogP contribution in [0.15, 0.2) is 36.8 Å². The molecule has 78 valence electrons. The Labute approximate surface area is 93.2 Å². The van der Waals surface area contributed by atoms with Gasteiger partial charge in [0, 0.05) is 18.0 Å². The van der Waals surface area contributed by atoms with E-state index in [-0.39, 0.29) is 0 Å². The van der Waals surface area contributed by atoms with E-state index in [2.05, 4.69) is 9.97 Å². The van der Waals surface area contributed by atoms with Crippen LogP contribution in [0.25, 0.3) is 11.1 Å². The second-order valence-corrected chi connectivity index (χ2v) is 3.16. The van der Waals surface area contributed by atoms with E-state index in [1.165, 1.54) is 0 Å². The highest BCUT2D eigenvalue weighted by molar-refractivity contribution is 5.64. The van der Waals surface area contributed by atoms with Gasteiger partial charge in [0.05, 0.1) is 13.3 Å². The van der Waals surface area contributed by atoms with Crippen LogP contribution in [0.5, 0.6) is 5.75 Å². The van der Waals surface area contributed by atoms with Crippen LogP contribution < -0.4 is 4.74 Å². The number of aromatic nitrogens is 2. The number of hydrogen-bond acceptors (Lipinski definition) is 4. The summed E-state index contributed by atoms with van der Waals surface area (Å²) in [4.78, 5) is 7.97. The minimum Gasteiger partial charge on any atom is -0.495 e. The van der Waals surface area contributed by atoms with E-state index in [1.54, 1.807) is 31.8 Å². The lowest BCUT2D eigenvalue weighted by Gasteiger charge is -2.03. The van der Waals surface area contributed by atoms with E-state index in [4.69, 9.17) is 10.00 Å². The zero-order valence-electron chi connectivity index (χ0n) is 8.71. The molecule has 0 fully saturated rings. The molecular weight excluding hydrogens is 202 g/mol. The minimum absolute atomic E-state index is 0.389. The Morgan fingerprint density at radius 2 is 2.12 bits per heavy atom. The molecule has 2 heterocycles. The number of nitrogens with zero attached hydrogens (tertiary/aromatic N) is 3. The first-order chi connectivity index (χ1) is 7.83. The third-order valence-corrected chi connectivity index (χ3v) is 2.16. The Morgan fingerprint density at radius 1 is 1.25 bits per heavy atom. The van der Waals surface area contributed by atoms with Crippen molar-refractivity contribution in [2.75, 3.05) is 7.11 Å². The first-order valence-electron chi connectivity index (χ1n) is 4.69. The number of methoxy groups -OCH3 is 1. The van der Waals surface area contributed by atoms with Crippen molar-refractivity contribution in [3.63, 3.8) is 0 Å². The molecule has 16 heavy (non-hydrogen) atoms. The molecule has 2 aromatic heterocycles. The van der Waals surface area contributed by atoms with Gasteiger partial charge in [-0.05, 0) is 23.8 Å². The van der Waals surface area contributed by atoms with E-state index in [1.807, 2.05) is 18.2 Å². The fourth-order valence-electron chi connectivity index (χ4n) is 1.36. The van der Waals surface area contributed by atoms with Crippen LogP contribution in [0.2, 0.25) is 0 Å². The monoisotopic (exact) mass is 211 g/mol. The fourth-order valence-corrected chi connectivity index (χ4v) is 1.36. The average molecular weight is 211 g/mol. The zero-order valence-corrected chi connectivity index (χ0v) is 8.71. The van der Waals surface area contributed by atoms with Gasteiger partial charge in [0.25, 0.3) is 0 Å². The summed E-state index contributed by atoms with van der Waals surface area (Å²) >= 11 is 0. The molecule has 4 heteroatoms. The quantitative estimate of drug-likeness (QED) is 0.762. The molecule has 2 rings (SSSR count). The summed E-state index contributed by atoms with van der Waals surface area (Å²) in [6.45, 7) is 0. The Hall–Kier alpha value is -2.41. The highest BCUT2D eigenvalue weighted by atomic mass is 16.5. The smallest absolute Gasteiger partial charge is 0.141 e. The summed E-state index contributed by atoms with van der Waals surface area (Å²) in [6, 6.07) is 7.42. The molecule has 0 aliphatic rings. The SMILES string of the molecule is COc1cncc(-c2ccnc(C#N)c2)c1. The Morgan fingerprint density at radius 3 is 2.88 bits per heavy atom. The lowest BCUT2D eigenvalue weighted by Crippen LogP contribution is -1.88. The molecule has 2 aromatic rings. The van der Waals surface area contributed by atoms with Gasteiger partial charge in [0.2, 0.25) is 0 Å². The lowest BCUT2D eigenvalue weighted by molar-refractivity contribution is 0.413. The average Bonchev–Trinajstić information content (AvgIpc) is 2.39. The number of pyridine rings is 2. The predicted molar refractivity (Wildman–Crippen MR) is 58.7 cm³/mol. The first kappa shape index (κ1) is 10.1. The normalized spacial score (nSPS) is 9.50. The molecule has 0 spiro atoms. The molecule has 0 radical (unpaired) electrons. The van der Waals surface area contributed by atoms with Crippen molar-refractivity contribution in [2.24, 2.45) is 0 Å². The predicted octanol–water partition coefficient (Wildman–Crippen LogP) is 2.02. The van der Waals surface area contributed by atoms with Crippen molar-refractivity contribution in [3.8, 4) is 22.9 Å². The first-order valence-corrected chi connectivity index (χ1v) is 4.69. The summed E-state index contributed by atoms with van der Waals surface area (Å²) in [5.41, 5.74) is 2.19. The van der Waals surface area contributed by atoms with Gasteiger partial charge >= 0.3 is 0 Å². The maximum atomic E-state index is 8.76. The summed E-state index contributed by atoms with van der Waals surface area (Å²) < 4.78 is 5.09. The summed E-state index contributed by atoms with van der Waals surface area (Å²) in [6.07, 6.45) is 4.96. The Bertz CT molecular complexity index is 546. The minimum atomic E-state index is 0.389. The van der Waals surface area contributed by atoms with Crippen molar-refractivity contribution < 1.29 is 4.74 Å². The van der Waals surface area contributed by atoms with Crippen LogP contribution in [-0.2, 0) is 0 Å². The molecule has 0 bridgehead atoms. The maximum absolute atomic E-state index is 8.76. The van der Waals surface area contributed by atoms with Gasteiger partial charge in [-0.25, -0.2) is 4.98 Å². The molecule has 0 amide bonds. The van der Waals surface area contributed by atoms with Crippen molar-refractivity contribution >= 4 is 0 Å². The van der Waals surface area contributed by atoms with Gasteiger partial charge in [0.1, 0.15) is 17.5 Å².